The highest BCUT2D eigenvalue weighted by atomic mass is 31.2. The van der Waals surface area contributed by atoms with E-state index in [2.05, 4.69) is 0 Å². The van der Waals surface area contributed by atoms with Gasteiger partial charge in [-0.2, -0.15) is 0 Å². The van der Waals surface area contributed by atoms with Gasteiger partial charge in [0.15, 0.2) is 18.6 Å². The molecule has 0 amide bonds. The molecule has 0 saturated carbocycles. The van der Waals surface area contributed by atoms with Gasteiger partial charge in [-0.25, -0.2) is 13.5 Å². The number of hydrogen-bond acceptors (Lipinski definition) is 6. The van der Waals surface area contributed by atoms with Crippen LogP contribution in [0.3, 0.4) is 0 Å². The zero-order valence-corrected chi connectivity index (χ0v) is 18.3. The summed E-state index contributed by atoms with van der Waals surface area (Å²) in [5, 5.41) is 8.65. The number of pyridine rings is 1. The van der Waals surface area contributed by atoms with Crippen molar-refractivity contribution in [2.75, 3.05) is 33.0 Å². The minimum Gasteiger partial charge on any atom is -0.481 e. The van der Waals surface area contributed by atoms with Crippen LogP contribution in [0.25, 0.3) is 0 Å². The average molecular weight is 452 g/mol. The van der Waals surface area contributed by atoms with Gasteiger partial charge in [-0.1, -0.05) is 13.8 Å². The van der Waals surface area contributed by atoms with Gasteiger partial charge in [0.05, 0.1) is 13.2 Å². The third-order valence-electron chi connectivity index (χ3n) is 3.74. The molecule has 0 saturated heterocycles. The number of aromatic nitrogens is 1. The highest BCUT2D eigenvalue weighted by Gasteiger charge is 2.24. The third kappa shape index (κ3) is 13.7. The molecule has 11 heteroatoms. The normalized spacial score (nSPS) is 14.6. The molecule has 1 aromatic rings. The summed E-state index contributed by atoms with van der Waals surface area (Å²) < 4.78 is 47.8. The lowest BCUT2D eigenvalue weighted by atomic mass is 10.2. The lowest BCUT2D eigenvalue weighted by molar-refractivity contribution is -0.699. The van der Waals surface area contributed by atoms with E-state index in [1.807, 2.05) is 13.8 Å². The summed E-state index contributed by atoms with van der Waals surface area (Å²) in [7, 11) is -4.32. The summed E-state index contributed by atoms with van der Waals surface area (Å²) in [4.78, 5) is 20.4. The van der Waals surface area contributed by atoms with E-state index in [9.17, 15) is 18.6 Å². The summed E-state index contributed by atoms with van der Waals surface area (Å²) >= 11 is 0. The van der Waals surface area contributed by atoms with Crippen LogP contribution in [-0.2, 0) is 34.4 Å². The molecule has 0 fully saturated rings. The van der Waals surface area contributed by atoms with Gasteiger partial charge in [0.25, 0.3) is 0 Å². The molecule has 0 aromatic carbocycles. The Balaban J connectivity index is 2.40. The smallest absolute Gasteiger partial charge is 0.472 e. The van der Waals surface area contributed by atoms with Crippen LogP contribution in [0.4, 0.5) is 4.39 Å². The first-order chi connectivity index (χ1) is 14.2. The van der Waals surface area contributed by atoms with Gasteiger partial charge in [0.2, 0.25) is 6.20 Å². The molecule has 0 bridgehead atoms. The fraction of sp³-hybridized carbons (Fsp3) is 0.684. The van der Waals surface area contributed by atoms with Crippen LogP contribution in [0.1, 0.15) is 33.1 Å². The summed E-state index contributed by atoms with van der Waals surface area (Å²) in [5.41, 5.74) is 0. The van der Waals surface area contributed by atoms with Gasteiger partial charge < -0.3 is 19.5 Å². The number of rotatable bonds is 17. The number of carboxylic acids is 1. The second kappa shape index (κ2) is 14.6. The van der Waals surface area contributed by atoms with Crippen LogP contribution >= 0.6 is 7.82 Å². The summed E-state index contributed by atoms with van der Waals surface area (Å²) in [6.45, 7) is 4.72. The molecule has 172 valence electrons. The van der Waals surface area contributed by atoms with Crippen LogP contribution in [-0.4, -0.2) is 55.1 Å². The summed E-state index contributed by atoms with van der Waals surface area (Å²) in [6, 6.07) is 2.81. The fourth-order valence-electron chi connectivity index (χ4n) is 2.31. The number of halogens is 1. The van der Waals surface area contributed by atoms with Gasteiger partial charge in [0.1, 0.15) is 12.7 Å². The highest BCUT2D eigenvalue weighted by molar-refractivity contribution is 7.47. The van der Waals surface area contributed by atoms with E-state index in [1.165, 1.54) is 22.9 Å². The Morgan fingerprint density at radius 1 is 1.20 bits per heavy atom. The van der Waals surface area contributed by atoms with Gasteiger partial charge in [0, 0.05) is 25.7 Å². The largest absolute Gasteiger partial charge is 0.481 e. The molecule has 9 nitrogen and oxygen atoms in total. The van der Waals surface area contributed by atoms with Crippen molar-refractivity contribution in [1.29, 1.82) is 0 Å². The minimum atomic E-state index is -4.32. The predicted octanol–water partition coefficient (Wildman–Crippen LogP) is 2.56. The van der Waals surface area contributed by atoms with Gasteiger partial charge in [-0.3, -0.25) is 13.8 Å². The average Bonchev–Trinajstić information content (AvgIpc) is 2.64. The zero-order chi connectivity index (χ0) is 22.4. The standard InChI is InChI=1S/C19H31FNO8P/c1-16(2)13-26-14-18(27-10-4-3-7-19(22)23)15-29-30(24,25)28-11-9-21-8-5-6-17(20)12-21/h5-6,8,12,16,18H,3-4,7,9-11,13-15H2,1-2H3,(H-,22,23,24,25)/p+1. The Kier molecular flexibility index (Phi) is 12.9. The first-order valence-corrected chi connectivity index (χ1v) is 11.3. The molecular formula is C19H32FNO8P+. The fourth-order valence-corrected chi connectivity index (χ4v) is 3.05. The van der Waals surface area contributed by atoms with Crippen LogP contribution in [0.15, 0.2) is 24.5 Å². The number of phosphoric ester groups is 1. The number of hydrogen-bond donors (Lipinski definition) is 2. The van der Waals surface area contributed by atoms with Crippen molar-refractivity contribution in [2.24, 2.45) is 5.92 Å². The second-order valence-electron chi connectivity index (χ2n) is 7.13. The minimum absolute atomic E-state index is 0.0530. The van der Waals surface area contributed by atoms with E-state index in [-0.39, 0.29) is 39.4 Å². The number of unbranched alkanes of at least 4 members (excludes halogenated alkanes) is 1. The van der Waals surface area contributed by atoms with Gasteiger partial charge >= 0.3 is 13.8 Å². The number of aliphatic carboxylic acids is 1. The van der Waals surface area contributed by atoms with E-state index in [0.717, 1.165) is 0 Å². The van der Waals surface area contributed by atoms with E-state index in [0.29, 0.717) is 25.4 Å². The lowest BCUT2D eigenvalue weighted by Gasteiger charge is -2.20. The lowest BCUT2D eigenvalue weighted by Crippen LogP contribution is -2.35. The quantitative estimate of drug-likeness (QED) is 0.211. The summed E-state index contributed by atoms with van der Waals surface area (Å²) in [6.07, 6.45) is 3.30. The monoisotopic (exact) mass is 452 g/mol. The molecule has 0 radical (unpaired) electrons. The molecule has 0 spiro atoms. The molecule has 1 rings (SSSR count). The van der Waals surface area contributed by atoms with Crippen LogP contribution in [0.2, 0.25) is 0 Å². The topological polar surface area (TPSA) is 115 Å². The molecule has 2 atom stereocenters. The maximum atomic E-state index is 13.1. The number of phosphoric acid groups is 1. The van der Waals surface area contributed by atoms with Crippen molar-refractivity contribution in [3.8, 4) is 0 Å². The van der Waals surface area contributed by atoms with Crippen molar-refractivity contribution in [2.45, 2.75) is 45.8 Å². The van der Waals surface area contributed by atoms with Crippen LogP contribution < -0.4 is 4.57 Å². The SMILES string of the molecule is CC(C)COCC(COP(=O)(O)OCC[n+]1cccc(F)c1)OCCCCC(=O)O. The molecule has 2 unspecified atom stereocenters. The van der Waals surface area contributed by atoms with Crippen molar-refractivity contribution in [1.82, 2.24) is 0 Å². The van der Waals surface area contributed by atoms with E-state index in [1.54, 1.807) is 6.20 Å². The van der Waals surface area contributed by atoms with Crippen molar-refractivity contribution >= 4 is 13.8 Å². The highest BCUT2D eigenvalue weighted by Crippen LogP contribution is 2.43. The van der Waals surface area contributed by atoms with Crippen molar-refractivity contribution < 1.29 is 46.8 Å². The van der Waals surface area contributed by atoms with E-state index >= 15 is 0 Å². The molecule has 1 aromatic heterocycles. The molecule has 1 heterocycles. The molecule has 2 N–H and O–H groups in total. The Bertz CT molecular complexity index is 676. The summed E-state index contributed by atoms with van der Waals surface area (Å²) in [5.74, 6) is -0.981. The zero-order valence-electron chi connectivity index (χ0n) is 17.4. The molecule has 0 aliphatic rings. The first-order valence-electron chi connectivity index (χ1n) is 9.85. The molecule has 0 aliphatic carbocycles. The third-order valence-corrected chi connectivity index (χ3v) is 4.73. The molecule has 30 heavy (non-hydrogen) atoms. The van der Waals surface area contributed by atoms with Crippen LogP contribution in [0, 0.1) is 11.7 Å². The van der Waals surface area contributed by atoms with Gasteiger partial charge in [-0.15, -0.1) is 0 Å². The van der Waals surface area contributed by atoms with Gasteiger partial charge in [-0.05, 0) is 24.8 Å². The Labute approximate surface area is 176 Å². The van der Waals surface area contributed by atoms with E-state index < -0.39 is 25.7 Å². The van der Waals surface area contributed by atoms with Crippen molar-refractivity contribution in [3.63, 3.8) is 0 Å². The van der Waals surface area contributed by atoms with Crippen molar-refractivity contribution in [3.05, 3.63) is 30.3 Å². The molecule has 0 aliphatic heterocycles. The van der Waals surface area contributed by atoms with E-state index in [4.69, 9.17) is 23.6 Å². The number of carbonyl (C=O) groups is 1. The maximum Gasteiger partial charge on any atom is 0.472 e. The number of carboxylic acid groups (broad SMARTS) is 1. The number of nitrogens with zero attached hydrogens (tertiary/aromatic N) is 1. The maximum absolute atomic E-state index is 13.1. The first kappa shape index (κ1) is 26.6. The second-order valence-corrected chi connectivity index (χ2v) is 8.59. The Hall–Kier alpha value is -1.42. The Morgan fingerprint density at radius 2 is 1.97 bits per heavy atom. The Morgan fingerprint density at radius 3 is 2.63 bits per heavy atom. The number of ether oxygens (including phenoxy) is 2. The predicted molar refractivity (Wildman–Crippen MR) is 105 cm³/mol. The van der Waals surface area contributed by atoms with Crippen LogP contribution in [0.5, 0.6) is 0 Å². The molecular weight excluding hydrogens is 420 g/mol.